The Balaban J connectivity index is 1.64. The largest absolute Gasteiger partial charge is 0.339 e. The maximum atomic E-state index is 12.6. The lowest BCUT2D eigenvalue weighted by molar-refractivity contribution is -0.115. The molecule has 2 amide bonds. The van der Waals surface area contributed by atoms with Gasteiger partial charge in [0.05, 0.1) is 11.3 Å². The minimum atomic E-state index is -0.365. The van der Waals surface area contributed by atoms with Crippen LogP contribution in [0.1, 0.15) is 50.0 Å². The van der Waals surface area contributed by atoms with E-state index < -0.39 is 0 Å². The molecule has 1 unspecified atom stereocenters. The Morgan fingerprint density at radius 1 is 1.33 bits per heavy atom. The van der Waals surface area contributed by atoms with Crippen LogP contribution in [-0.4, -0.2) is 55.3 Å². The van der Waals surface area contributed by atoms with E-state index in [-0.39, 0.29) is 17.1 Å². The lowest BCUT2D eigenvalue weighted by atomic mass is 10.1. The van der Waals surface area contributed by atoms with Crippen LogP contribution in [0.15, 0.2) is 29.4 Å². The van der Waals surface area contributed by atoms with Crippen LogP contribution < -0.4 is 5.32 Å². The van der Waals surface area contributed by atoms with E-state index in [1.165, 1.54) is 11.8 Å². The molecule has 1 fully saturated rings. The summed E-state index contributed by atoms with van der Waals surface area (Å²) in [6, 6.07) is 7.39. The standard InChI is InChI=1S/C18H24N6O2S/c1-4-23(5-2)17(26)13-7-6-8-14(11-13)19-16(25)12(3)27-18-20-21-22-24(18)15-9-10-15/h6-8,11-12,15H,4-5,9-10H2,1-3H3,(H,19,25). The molecule has 1 aliphatic carbocycles. The topological polar surface area (TPSA) is 93.0 Å². The molecule has 1 N–H and O–H groups in total. The Kier molecular flexibility index (Phi) is 6.10. The molecular formula is C18H24N6O2S. The Bertz CT molecular complexity index is 816. The summed E-state index contributed by atoms with van der Waals surface area (Å²) in [6.45, 7) is 7.00. The number of hydrogen-bond donors (Lipinski definition) is 1. The predicted octanol–water partition coefficient (Wildman–Crippen LogP) is 2.61. The lowest BCUT2D eigenvalue weighted by Gasteiger charge is -2.19. The number of amides is 2. The van der Waals surface area contributed by atoms with Gasteiger partial charge in [0.15, 0.2) is 0 Å². The van der Waals surface area contributed by atoms with Crippen LogP contribution in [-0.2, 0) is 4.79 Å². The fourth-order valence-corrected chi connectivity index (χ4v) is 3.55. The average molecular weight is 388 g/mol. The van der Waals surface area contributed by atoms with Crippen molar-refractivity contribution < 1.29 is 9.59 Å². The third-order valence-electron chi connectivity index (χ3n) is 4.43. The normalized spacial score (nSPS) is 14.6. The first kappa shape index (κ1) is 19.3. The van der Waals surface area contributed by atoms with Gasteiger partial charge >= 0.3 is 0 Å². The molecule has 2 aromatic rings. The van der Waals surface area contributed by atoms with Crippen molar-refractivity contribution in [2.24, 2.45) is 0 Å². The minimum absolute atomic E-state index is 0.0397. The summed E-state index contributed by atoms with van der Waals surface area (Å²) < 4.78 is 1.79. The molecular weight excluding hydrogens is 364 g/mol. The van der Waals surface area contributed by atoms with Gasteiger partial charge in [-0.1, -0.05) is 17.8 Å². The fraction of sp³-hybridized carbons (Fsp3) is 0.500. The molecule has 0 saturated heterocycles. The number of hydrogen-bond acceptors (Lipinski definition) is 6. The Morgan fingerprint density at radius 2 is 2.07 bits per heavy atom. The molecule has 1 atom stereocenters. The van der Waals surface area contributed by atoms with Crippen LogP contribution in [0.25, 0.3) is 0 Å². The second-order valence-electron chi connectivity index (χ2n) is 6.44. The molecule has 9 heteroatoms. The second-order valence-corrected chi connectivity index (χ2v) is 7.75. The van der Waals surface area contributed by atoms with Crippen molar-refractivity contribution >= 4 is 29.3 Å². The van der Waals surface area contributed by atoms with Crippen LogP contribution in [0.3, 0.4) is 0 Å². The Hall–Kier alpha value is -2.42. The summed E-state index contributed by atoms with van der Waals surface area (Å²) in [4.78, 5) is 26.8. The van der Waals surface area contributed by atoms with Crippen LogP contribution in [0.5, 0.6) is 0 Å². The monoisotopic (exact) mass is 388 g/mol. The van der Waals surface area contributed by atoms with E-state index in [0.29, 0.717) is 35.5 Å². The van der Waals surface area contributed by atoms with Crippen molar-refractivity contribution in [1.82, 2.24) is 25.1 Å². The van der Waals surface area contributed by atoms with Gasteiger partial charge < -0.3 is 10.2 Å². The molecule has 1 heterocycles. The maximum Gasteiger partial charge on any atom is 0.253 e. The fourth-order valence-electron chi connectivity index (χ4n) is 2.69. The van der Waals surface area contributed by atoms with Crippen molar-refractivity contribution in [3.63, 3.8) is 0 Å². The van der Waals surface area contributed by atoms with E-state index in [2.05, 4.69) is 20.8 Å². The molecule has 0 spiro atoms. The number of nitrogens with zero attached hydrogens (tertiary/aromatic N) is 5. The molecule has 1 aromatic heterocycles. The summed E-state index contributed by atoms with van der Waals surface area (Å²) >= 11 is 1.33. The van der Waals surface area contributed by atoms with Gasteiger partial charge in [0.2, 0.25) is 11.1 Å². The first-order valence-electron chi connectivity index (χ1n) is 9.18. The molecule has 8 nitrogen and oxygen atoms in total. The summed E-state index contributed by atoms with van der Waals surface area (Å²) in [5.74, 6) is -0.195. The zero-order chi connectivity index (χ0) is 19.4. The molecule has 0 radical (unpaired) electrons. The van der Waals surface area contributed by atoms with Crippen LogP contribution in [0.2, 0.25) is 0 Å². The highest BCUT2D eigenvalue weighted by molar-refractivity contribution is 8.00. The maximum absolute atomic E-state index is 12.6. The molecule has 0 aliphatic heterocycles. The van der Waals surface area contributed by atoms with Crippen molar-refractivity contribution in [2.75, 3.05) is 18.4 Å². The van der Waals surface area contributed by atoms with Gasteiger partial charge in [-0.15, -0.1) is 5.10 Å². The van der Waals surface area contributed by atoms with Gasteiger partial charge in [-0.25, -0.2) is 4.68 Å². The average Bonchev–Trinajstić information content (AvgIpc) is 3.42. The van der Waals surface area contributed by atoms with E-state index in [0.717, 1.165) is 12.8 Å². The number of carbonyl (C=O) groups excluding carboxylic acids is 2. The number of anilines is 1. The van der Waals surface area contributed by atoms with E-state index in [9.17, 15) is 9.59 Å². The summed E-state index contributed by atoms with van der Waals surface area (Å²) in [7, 11) is 0. The first-order valence-corrected chi connectivity index (χ1v) is 10.1. The quantitative estimate of drug-likeness (QED) is 0.699. The number of benzene rings is 1. The molecule has 1 aromatic carbocycles. The van der Waals surface area contributed by atoms with Crippen molar-refractivity contribution in [3.05, 3.63) is 29.8 Å². The third kappa shape index (κ3) is 4.65. The molecule has 27 heavy (non-hydrogen) atoms. The number of nitrogens with one attached hydrogen (secondary N) is 1. The number of tetrazole rings is 1. The molecule has 1 saturated carbocycles. The zero-order valence-electron chi connectivity index (χ0n) is 15.8. The summed E-state index contributed by atoms with van der Waals surface area (Å²) in [5, 5.41) is 14.9. The number of carbonyl (C=O) groups is 2. The van der Waals surface area contributed by atoms with E-state index in [1.54, 1.807) is 33.8 Å². The van der Waals surface area contributed by atoms with Crippen LogP contribution >= 0.6 is 11.8 Å². The van der Waals surface area contributed by atoms with Gasteiger partial charge in [-0.05, 0) is 62.2 Å². The first-order chi connectivity index (χ1) is 13.0. The van der Waals surface area contributed by atoms with Crippen LogP contribution in [0.4, 0.5) is 5.69 Å². The highest BCUT2D eigenvalue weighted by Gasteiger charge is 2.29. The highest BCUT2D eigenvalue weighted by atomic mass is 32.2. The van der Waals surface area contributed by atoms with E-state index in [4.69, 9.17) is 0 Å². The highest BCUT2D eigenvalue weighted by Crippen LogP contribution is 2.37. The van der Waals surface area contributed by atoms with Gasteiger partial charge in [-0.2, -0.15) is 0 Å². The van der Waals surface area contributed by atoms with Gasteiger partial charge in [0.25, 0.3) is 5.91 Å². The van der Waals surface area contributed by atoms with Crippen molar-refractivity contribution in [1.29, 1.82) is 0 Å². The molecule has 0 bridgehead atoms. The second kappa shape index (κ2) is 8.51. The third-order valence-corrected chi connectivity index (χ3v) is 5.48. The Labute approximate surface area is 162 Å². The zero-order valence-corrected chi connectivity index (χ0v) is 16.6. The SMILES string of the molecule is CCN(CC)C(=O)c1cccc(NC(=O)C(C)Sc2nnnn2C2CC2)c1. The smallest absolute Gasteiger partial charge is 0.253 e. The molecule has 144 valence electrons. The summed E-state index contributed by atoms with van der Waals surface area (Å²) in [6.07, 6.45) is 2.15. The molecule has 1 aliphatic rings. The van der Waals surface area contributed by atoms with Crippen LogP contribution in [0, 0.1) is 0 Å². The number of aromatic nitrogens is 4. The van der Waals surface area contributed by atoms with Gasteiger partial charge in [0.1, 0.15) is 0 Å². The minimum Gasteiger partial charge on any atom is -0.339 e. The summed E-state index contributed by atoms with van der Waals surface area (Å²) in [5.41, 5.74) is 1.17. The predicted molar refractivity (Wildman–Crippen MR) is 104 cm³/mol. The van der Waals surface area contributed by atoms with Crippen molar-refractivity contribution in [2.45, 2.75) is 50.1 Å². The van der Waals surface area contributed by atoms with Gasteiger partial charge in [-0.3, -0.25) is 9.59 Å². The van der Waals surface area contributed by atoms with Gasteiger partial charge in [0, 0.05) is 24.3 Å². The molecule has 3 rings (SSSR count). The lowest BCUT2D eigenvalue weighted by Crippen LogP contribution is -2.30. The number of rotatable bonds is 8. The Morgan fingerprint density at radius 3 is 2.74 bits per heavy atom. The number of thioether (sulfide) groups is 1. The van der Waals surface area contributed by atoms with E-state index >= 15 is 0 Å². The van der Waals surface area contributed by atoms with Crippen molar-refractivity contribution in [3.8, 4) is 0 Å². The van der Waals surface area contributed by atoms with E-state index in [1.807, 2.05) is 20.8 Å².